The largest absolute Gasteiger partial charge is 0.491 e. The number of aromatic carboxylic acids is 1. The van der Waals surface area contributed by atoms with Crippen molar-refractivity contribution >= 4 is 17.6 Å². The fraction of sp³-hybridized carbons (Fsp3) is 0.333. The van der Waals surface area contributed by atoms with Gasteiger partial charge in [0.2, 0.25) is 5.76 Å². The van der Waals surface area contributed by atoms with E-state index in [4.69, 9.17) is 26.0 Å². The van der Waals surface area contributed by atoms with Gasteiger partial charge in [0.25, 0.3) is 0 Å². The molecular weight excluding hydrogens is 294 g/mol. The minimum Gasteiger partial charge on any atom is -0.491 e. The molecule has 0 aliphatic heterocycles. The second kappa shape index (κ2) is 5.41. The zero-order valence-corrected chi connectivity index (χ0v) is 12.2. The average molecular weight is 308 g/mol. The summed E-state index contributed by atoms with van der Waals surface area (Å²) in [6.45, 7) is 2.51. The molecule has 0 bridgehead atoms. The third-order valence-electron chi connectivity index (χ3n) is 3.35. The van der Waals surface area contributed by atoms with E-state index in [-0.39, 0.29) is 5.76 Å². The van der Waals surface area contributed by atoms with Crippen LogP contribution in [0.2, 0.25) is 5.02 Å². The van der Waals surface area contributed by atoms with Crippen molar-refractivity contribution in [1.82, 2.24) is 5.16 Å². The molecule has 5 nitrogen and oxygen atoms in total. The van der Waals surface area contributed by atoms with Crippen molar-refractivity contribution in [3.05, 3.63) is 34.5 Å². The number of aryl methyl sites for hydroxylation is 1. The van der Waals surface area contributed by atoms with Gasteiger partial charge in [0, 0.05) is 11.6 Å². The minimum atomic E-state index is -1.16. The van der Waals surface area contributed by atoms with Crippen LogP contribution in [0.4, 0.5) is 0 Å². The summed E-state index contributed by atoms with van der Waals surface area (Å²) in [5.74, 6) is -0.259. The van der Waals surface area contributed by atoms with E-state index in [1.165, 1.54) is 18.9 Å². The number of rotatable bonds is 5. The van der Waals surface area contributed by atoms with E-state index < -0.39 is 5.97 Å². The minimum absolute atomic E-state index is 0.212. The zero-order valence-electron chi connectivity index (χ0n) is 11.4. The lowest BCUT2D eigenvalue weighted by Gasteiger charge is -2.12. The second-order valence-electron chi connectivity index (χ2n) is 5.26. The van der Waals surface area contributed by atoms with Crippen LogP contribution in [0, 0.1) is 12.8 Å². The highest BCUT2D eigenvalue weighted by atomic mass is 35.5. The Kier molecular flexibility index (Phi) is 3.59. The van der Waals surface area contributed by atoms with Crippen molar-refractivity contribution in [1.29, 1.82) is 0 Å². The van der Waals surface area contributed by atoms with Crippen molar-refractivity contribution < 1.29 is 19.2 Å². The Morgan fingerprint density at radius 1 is 1.48 bits per heavy atom. The first-order valence-electron chi connectivity index (χ1n) is 6.68. The zero-order chi connectivity index (χ0) is 15.0. The van der Waals surface area contributed by atoms with Gasteiger partial charge in [-0.15, -0.1) is 0 Å². The summed E-state index contributed by atoms with van der Waals surface area (Å²) in [5, 5.41) is 13.2. The third-order valence-corrected chi connectivity index (χ3v) is 3.63. The molecular formula is C15H14ClNO4. The number of ether oxygens (including phenoxy) is 1. The van der Waals surface area contributed by atoms with Crippen LogP contribution in [-0.2, 0) is 0 Å². The van der Waals surface area contributed by atoms with Gasteiger partial charge in [-0.05, 0) is 43.4 Å². The summed E-state index contributed by atoms with van der Waals surface area (Å²) in [6, 6.07) is 5.04. The number of hydrogen-bond donors (Lipinski definition) is 1. The Balaban J connectivity index is 1.99. The number of carboxylic acids is 1. The fourth-order valence-electron chi connectivity index (χ4n) is 2.05. The topological polar surface area (TPSA) is 72.6 Å². The molecule has 110 valence electrons. The molecule has 1 aliphatic rings. The van der Waals surface area contributed by atoms with Crippen molar-refractivity contribution in [2.45, 2.75) is 19.8 Å². The number of hydrogen-bond acceptors (Lipinski definition) is 4. The molecule has 0 atom stereocenters. The van der Waals surface area contributed by atoms with Gasteiger partial charge >= 0.3 is 5.97 Å². The molecule has 1 fully saturated rings. The first-order valence-corrected chi connectivity index (χ1v) is 7.05. The van der Waals surface area contributed by atoms with Gasteiger partial charge in [-0.25, -0.2) is 4.79 Å². The lowest BCUT2D eigenvalue weighted by molar-refractivity contribution is 0.0652. The molecule has 1 N–H and O–H groups in total. The highest BCUT2D eigenvalue weighted by molar-refractivity contribution is 6.32. The van der Waals surface area contributed by atoms with E-state index in [2.05, 4.69) is 5.16 Å². The van der Waals surface area contributed by atoms with Gasteiger partial charge in [-0.3, -0.25) is 0 Å². The number of carbonyl (C=O) groups is 1. The molecule has 1 aromatic heterocycles. The van der Waals surface area contributed by atoms with E-state index in [0.29, 0.717) is 34.6 Å². The average Bonchev–Trinajstić information content (AvgIpc) is 3.11. The van der Waals surface area contributed by atoms with Crippen LogP contribution in [0.1, 0.15) is 29.0 Å². The molecule has 1 saturated carbocycles. The van der Waals surface area contributed by atoms with Gasteiger partial charge in [0.05, 0.1) is 11.6 Å². The van der Waals surface area contributed by atoms with Gasteiger partial charge < -0.3 is 14.4 Å². The van der Waals surface area contributed by atoms with E-state index in [9.17, 15) is 4.79 Å². The molecule has 0 saturated heterocycles. The molecule has 3 rings (SSSR count). The standard InChI is InChI=1S/C15H14ClNO4/c1-8-4-10(12-6-13(15(18)19)21-17-12)14(11(16)5-8)20-7-9-2-3-9/h4-6,9H,2-3,7H2,1H3,(H,18,19). The SMILES string of the molecule is Cc1cc(Cl)c(OCC2CC2)c(-c2cc(C(=O)O)on2)c1. The van der Waals surface area contributed by atoms with Crippen molar-refractivity contribution in [3.63, 3.8) is 0 Å². The summed E-state index contributed by atoms with van der Waals surface area (Å²) in [7, 11) is 0. The van der Waals surface area contributed by atoms with E-state index in [0.717, 1.165) is 5.56 Å². The summed E-state index contributed by atoms with van der Waals surface area (Å²) in [5.41, 5.74) is 1.99. The fourth-order valence-corrected chi connectivity index (χ4v) is 2.38. The quantitative estimate of drug-likeness (QED) is 0.909. The Hall–Kier alpha value is -2.01. The lowest BCUT2D eigenvalue weighted by Crippen LogP contribution is -2.01. The molecule has 0 unspecified atom stereocenters. The van der Waals surface area contributed by atoms with Crippen LogP contribution in [-0.4, -0.2) is 22.8 Å². The Labute approximate surface area is 126 Å². The maximum Gasteiger partial charge on any atom is 0.374 e. The monoisotopic (exact) mass is 307 g/mol. The van der Waals surface area contributed by atoms with E-state index >= 15 is 0 Å². The van der Waals surface area contributed by atoms with Crippen LogP contribution < -0.4 is 4.74 Å². The van der Waals surface area contributed by atoms with E-state index in [1.807, 2.05) is 19.1 Å². The molecule has 1 aromatic carbocycles. The number of halogens is 1. The summed E-state index contributed by atoms with van der Waals surface area (Å²) >= 11 is 6.26. The van der Waals surface area contributed by atoms with Crippen molar-refractivity contribution in [3.8, 4) is 17.0 Å². The number of carboxylic acid groups (broad SMARTS) is 1. The maximum atomic E-state index is 10.9. The van der Waals surface area contributed by atoms with Crippen LogP contribution in [0.15, 0.2) is 22.7 Å². The summed E-state index contributed by atoms with van der Waals surface area (Å²) in [4.78, 5) is 10.9. The number of aromatic nitrogens is 1. The molecule has 0 spiro atoms. The molecule has 0 amide bonds. The van der Waals surface area contributed by atoms with Crippen LogP contribution in [0.5, 0.6) is 5.75 Å². The van der Waals surface area contributed by atoms with Crippen LogP contribution in [0.25, 0.3) is 11.3 Å². The summed E-state index contributed by atoms with van der Waals surface area (Å²) in [6.07, 6.45) is 2.35. The molecule has 2 aromatic rings. The third kappa shape index (κ3) is 3.03. The van der Waals surface area contributed by atoms with Crippen LogP contribution >= 0.6 is 11.6 Å². The van der Waals surface area contributed by atoms with E-state index in [1.54, 1.807) is 0 Å². The second-order valence-corrected chi connectivity index (χ2v) is 5.67. The summed E-state index contributed by atoms with van der Waals surface area (Å²) < 4.78 is 10.6. The molecule has 1 heterocycles. The van der Waals surface area contributed by atoms with Crippen molar-refractivity contribution in [2.75, 3.05) is 6.61 Å². The normalized spacial score (nSPS) is 14.2. The van der Waals surface area contributed by atoms with Gasteiger partial charge in [-0.2, -0.15) is 0 Å². The first kappa shape index (κ1) is 13.9. The van der Waals surface area contributed by atoms with Crippen LogP contribution in [0.3, 0.4) is 0 Å². The van der Waals surface area contributed by atoms with Gasteiger partial charge in [0.15, 0.2) is 0 Å². The highest BCUT2D eigenvalue weighted by Crippen LogP contribution is 2.39. The number of nitrogens with zero attached hydrogens (tertiary/aromatic N) is 1. The molecule has 6 heteroatoms. The Morgan fingerprint density at radius 3 is 2.86 bits per heavy atom. The Bertz CT molecular complexity index is 691. The highest BCUT2D eigenvalue weighted by Gasteiger charge is 2.24. The molecule has 21 heavy (non-hydrogen) atoms. The molecule has 1 aliphatic carbocycles. The predicted molar refractivity (Wildman–Crippen MR) is 76.9 cm³/mol. The van der Waals surface area contributed by atoms with Crippen molar-refractivity contribution in [2.24, 2.45) is 5.92 Å². The van der Waals surface area contributed by atoms with Gasteiger partial charge in [0.1, 0.15) is 11.4 Å². The first-order chi connectivity index (χ1) is 10.0. The maximum absolute atomic E-state index is 10.9. The van der Waals surface area contributed by atoms with Gasteiger partial charge in [-0.1, -0.05) is 16.8 Å². The molecule has 0 radical (unpaired) electrons. The Morgan fingerprint density at radius 2 is 2.24 bits per heavy atom. The predicted octanol–water partition coefficient (Wildman–Crippen LogP) is 3.79. The lowest BCUT2D eigenvalue weighted by atomic mass is 10.1. The smallest absolute Gasteiger partial charge is 0.374 e. The number of benzene rings is 1.